The maximum absolute atomic E-state index is 12.6. The van der Waals surface area contributed by atoms with E-state index in [9.17, 15) is 10.1 Å². The van der Waals surface area contributed by atoms with E-state index in [1.54, 1.807) is 36.4 Å². The van der Waals surface area contributed by atoms with Crippen molar-refractivity contribution in [3.63, 3.8) is 0 Å². The molecule has 0 bridgehead atoms. The Morgan fingerprint density at radius 3 is 2.37 bits per heavy atom. The van der Waals surface area contributed by atoms with Crippen LogP contribution in [0.15, 0.2) is 66.2 Å². The van der Waals surface area contributed by atoms with Gasteiger partial charge < -0.3 is 24.3 Å². The van der Waals surface area contributed by atoms with Gasteiger partial charge >= 0.3 is 0 Å². The van der Waals surface area contributed by atoms with Gasteiger partial charge in [0, 0.05) is 5.69 Å². The Hall–Kier alpha value is -3.99. The third-order valence-corrected chi connectivity index (χ3v) is 5.77. The predicted octanol–water partition coefficient (Wildman–Crippen LogP) is 6.38. The quantitative estimate of drug-likeness (QED) is 0.155. The number of aryl methyl sites for hydroxylation is 2. The van der Waals surface area contributed by atoms with Crippen LogP contribution in [0.4, 0.5) is 5.69 Å². The number of amides is 1. The number of halogens is 1. The van der Waals surface area contributed by atoms with E-state index in [0.29, 0.717) is 54.2 Å². The van der Waals surface area contributed by atoms with Gasteiger partial charge in [-0.05, 0) is 79.9 Å². The van der Waals surface area contributed by atoms with Crippen LogP contribution in [0.2, 0.25) is 5.02 Å². The zero-order valence-corrected chi connectivity index (χ0v) is 22.5. The summed E-state index contributed by atoms with van der Waals surface area (Å²) < 4.78 is 22.9. The van der Waals surface area contributed by atoms with Crippen LogP contribution in [-0.2, 0) is 9.53 Å². The molecule has 3 aromatic carbocycles. The molecular formula is C30H31ClN2O5. The van der Waals surface area contributed by atoms with E-state index in [1.807, 2.05) is 44.2 Å². The lowest BCUT2D eigenvalue weighted by Gasteiger charge is -2.15. The molecule has 8 heteroatoms. The predicted molar refractivity (Wildman–Crippen MR) is 149 cm³/mol. The summed E-state index contributed by atoms with van der Waals surface area (Å²) >= 11 is 6.48. The first-order valence-electron chi connectivity index (χ1n) is 12.3. The molecule has 0 saturated carbocycles. The highest BCUT2D eigenvalue weighted by atomic mass is 35.5. The number of para-hydroxylation sites is 1. The molecule has 3 rings (SSSR count). The van der Waals surface area contributed by atoms with Crippen LogP contribution < -0.4 is 19.5 Å². The van der Waals surface area contributed by atoms with E-state index in [-0.39, 0.29) is 12.2 Å². The Bertz CT molecular complexity index is 1300. The number of ether oxygens (including phenoxy) is 4. The molecule has 3 aromatic rings. The molecule has 0 fully saturated rings. The average Bonchev–Trinajstić information content (AvgIpc) is 2.90. The molecule has 38 heavy (non-hydrogen) atoms. The van der Waals surface area contributed by atoms with Crippen molar-refractivity contribution in [3.8, 4) is 23.3 Å². The molecule has 0 spiro atoms. The van der Waals surface area contributed by atoms with E-state index in [4.69, 9.17) is 30.5 Å². The minimum Gasteiger partial charge on any atom is -0.491 e. The fraction of sp³-hybridized carbons (Fsp3) is 0.267. The van der Waals surface area contributed by atoms with E-state index < -0.39 is 5.91 Å². The van der Waals surface area contributed by atoms with Gasteiger partial charge in [0.05, 0.1) is 24.8 Å². The molecule has 0 radical (unpaired) electrons. The first-order valence-corrected chi connectivity index (χ1v) is 12.6. The maximum Gasteiger partial charge on any atom is 0.266 e. The summed E-state index contributed by atoms with van der Waals surface area (Å²) in [6.45, 7) is 7.75. The van der Waals surface area contributed by atoms with Crippen LogP contribution in [0, 0.1) is 25.2 Å². The Balaban J connectivity index is 1.56. The fourth-order valence-corrected chi connectivity index (χ4v) is 3.71. The van der Waals surface area contributed by atoms with E-state index in [0.717, 1.165) is 5.75 Å². The van der Waals surface area contributed by atoms with Gasteiger partial charge in [-0.2, -0.15) is 5.26 Å². The third-order valence-electron chi connectivity index (χ3n) is 5.49. The first-order chi connectivity index (χ1) is 18.4. The molecule has 0 aliphatic carbocycles. The normalized spacial score (nSPS) is 11.0. The summed E-state index contributed by atoms with van der Waals surface area (Å²) in [7, 11) is 0. The van der Waals surface area contributed by atoms with Crippen molar-refractivity contribution in [3.05, 3.63) is 87.9 Å². The number of nitriles is 1. The van der Waals surface area contributed by atoms with Crippen LogP contribution in [-0.4, -0.2) is 38.9 Å². The Morgan fingerprint density at radius 1 is 0.947 bits per heavy atom. The maximum atomic E-state index is 12.6. The van der Waals surface area contributed by atoms with Crippen molar-refractivity contribution >= 4 is 29.3 Å². The number of benzene rings is 3. The number of hydrogen-bond acceptors (Lipinski definition) is 6. The number of carbonyl (C=O) groups excluding carboxylic acids is 1. The molecule has 198 valence electrons. The molecule has 0 aliphatic heterocycles. The van der Waals surface area contributed by atoms with Gasteiger partial charge in [-0.25, -0.2) is 0 Å². The van der Waals surface area contributed by atoms with Crippen molar-refractivity contribution < 1.29 is 23.7 Å². The number of carbonyl (C=O) groups is 1. The van der Waals surface area contributed by atoms with E-state index in [1.165, 1.54) is 17.2 Å². The Labute approximate surface area is 228 Å². The Kier molecular flexibility index (Phi) is 11.0. The van der Waals surface area contributed by atoms with Crippen molar-refractivity contribution in [2.45, 2.75) is 20.8 Å². The summed E-state index contributed by atoms with van der Waals surface area (Å²) in [5.74, 6) is 1.07. The lowest BCUT2D eigenvalue weighted by atomic mass is 10.1. The van der Waals surface area contributed by atoms with Gasteiger partial charge in [0.15, 0.2) is 11.5 Å². The summed E-state index contributed by atoms with van der Waals surface area (Å²) in [4.78, 5) is 12.6. The number of nitrogens with one attached hydrogen (secondary N) is 1. The summed E-state index contributed by atoms with van der Waals surface area (Å²) in [5, 5.41) is 12.5. The summed E-state index contributed by atoms with van der Waals surface area (Å²) in [6.07, 6.45) is 1.45. The lowest BCUT2D eigenvalue weighted by molar-refractivity contribution is -0.112. The molecule has 1 N–H and O–H groups in total. The molecule has 0 aliphatic rings. The monoisotopic (exact) mass is 534 g/mol. The highest BCUT2D eigenvalue weighted by Gasteiger charge is 2.15. The highest BCUT2D eigenvalue weighted by Crippen LogP contribution is 2.37. The van der Waals surface area contributed by atoms with E-state index >= 15 is 0 Å². The fourth-order valence-electron chi connectivity index (χ4n) is 3.44. The van der Waals surface area contributed by atoms with Crippen LogP contribution in [0.25, 0.3) is 6.08 Å². The van der Waals surface area contributed by atoms with Crippen LogP contribution in [0.1, 0.15) is 23.6 Å². The van der Waals surface area contributed by atoms with Gasteiger partial charge in [0.2, 0.25) is 0 Å². The van der Waals surface area contributed by atoms with Gasteiger partial charge in [0.25, 0.3) is 5.91 Å². The molecule has 0 unspecified atom stereocenters. The van der Waals surface area contributed by atoms with Gasteiger partial charge in [0.1, 0.15) is 30.6 Å². The molecule has 0 atom stereocenters. The first kappa shape index (κ1) is 28.6. The second-order valence-corrected chi connectivity index (χ2v) is 8.72. The van der Waals surface area contributed by atoms with Gasteiger partial charge in [-0.1, -0.05) is 35.9 Å². The van der Waals surface area contributed by atoms with Crippen molar-refractivity contribution in [2.24, 2.45) is 0 Å². The second-order valence-electron chi connectivity index (χ2n) is 8.31. The number of rotatable bonds is 13. The van der Waals surface area contributed by atoms with Crippen molar-refractivity contribution in [2.75, 3.05) is 38.4 Å². The number of anilines is 1. The van der Waals surface area contributed by atoms with Crippen LogP contribution >= 0.6 is 11.6 Å². The minimum atomic E-state index is -0.522. The molecule has 1 amide bonds. The zero-order valence-electron chi connectivity index (χ0n) is 21.8. The zero-order chi connectivity index (χ0) is 27.3. The second kappa shape index (κ2) is 14.7. The molecule has 0 heterocycles. The van der Waals surface area contributed by atoms with Crippen molar-refractivity contribution in [1.82, 2.24) is 0 Å². The molecular weight excluding hydrogens is 504 g/mol. The standard InChI is InChI=1S/C30H31ClN2O5/c1-4-36-28-19-23(17-24(20-32)30(34)33-25-8-6-5-7-9-25)18-27(31)29(28)38-15-13-35-12-14-37-26-11-10-21(2)22(3)16-26/h5-11,16-19H,4,12-15H2,1-3H3,(H,33,34)/b24-17+. The van der Waals surface area contributed by atoms with Crippen LogP contribution in [0.5, 0.6) is 17.2 Å². The number of nitrogens with zero attached hydrogens (tertiary/aromatic N) is 1. The van der Waals surface area contributed by atoms with Gasteiger partial charge in [-0.3, -0.25) is 4.79 Å². The van der Waals surface area contributed by atoms with Crippen molar-refractivity contribution in [1.29, 1.82) is 5.26 Å². The highest BCUT2D eigenvalue weighted by molar-refractivity contribution is 6.32. The SMILES string of the molecule is CCOc1cc(/C=C(\C#N)C(=O)Nc2ccccc2)cc(Cl)c1OCCOCCOc1ccc(C)c(C)c1. The minimum absolute atomic E-state index is 0.0718. The Morgan fingerprint density at radius 2 is 1.68 bits per heavy atom. The largest absolute Gasteiger partial charge is 0.491 e. The average molecular weight is 535 g/mol. The van der Waals surface area contributed by atoms with Gasteiger partial charge in [-0.15, -0.1) is 0 Å². The smallest absolute Gasteiger partial charge is 0.266 e. The molecule has 0 aromatic heterocycles. The molecule has 7 nitrogen and oxygen atoms in total. The topological polar surface area (TPSA) is 89.8 Å². The van der Waals surface area contributed by atoms with Crippen LogP contribution in [0.3, 0.4) is 0 Å². The summed E-state index contributed by atoms with van der Waals surface area (Å²) in [5.41, 5.74) is 3.45. The molecule has 0 saturated heterocycles. The number of hydrogen-bond donors (Lipinski definition) is 1. The van der Waals surface area contributed by atoms with E-state index in [2.05, 4.69) is 12.2 Å². The summed E-state index contributed by atoms with van der Waals surface area (Å²) in [6, 6.07) is 20.1. The third kappa shape index (κ3) is 8.55. The lowest BCUT2D eigenvalue weighted by Crippen LogP contribution is -2.13.